The van der Waals surface area contributed by atoms with E-state index >= 15 is 0 Å². The van der Waals surface area contributed by atoms with Crippen molar-refractivity contribution in [1.29, 1.82) is 0 Å². The zero-order valence-corrected chi connectivity index (χ0v) is 15.3. The maximum atomic E-state index is 12.2. The summed E-state index contributed by atoms with van der Waals surface area (Å²) < 4.78 is 5.72. The van der Waals surface area contributed by atoms with Crippen LogP contribution in [-0.4, -0.2) is 28.5 Å². The summed E-state index contributed by atoms with van der Waals surface area (Å²) in [6.45, 7) is 7.65. The number of rotatable bonds is 8. The van der Waals surface area contributed by atoms with Gasteiger partial charge in [-0.15, -0.1) is 11.3 Å². The Morgan fingerprint density at radius 2 is 2.08 bits per heavy atom. The Morgan fingerprint density at radius 1 is 1.33 bits per heavy atom. The van der Waals surface area contributed by atoms with E-state index in [1.54, 1.807) is 11.3 Å². The van der Waals surface area contributed by atoms with Gasteiger partial charge in [0.2, 0.25) is 0 Å². The summed E-state index contributed by atoms with van der Waals surface area (Å²) in [6.07, 6.45) is 0.908. The van der Waals surface area contributed by atoms with Crippen LogP contribution in [0.5, 0.6) is 5.75 Å². The summed E-state index contributed by atoms with van der Waals surface area (Å²) in [5, 5.41) is 5.78. The minimum Gasteiger partial charge on any atom is -0.486 e. The molecule has 2 amide bonds. The first kappa shape index (κ1) is 18.3. The number of amides is 2. The van der Waals surface area contributed by atoms with Crippen LogP contribution in [0.2, 0.25) is 0 Å². The maximum absolute atomic E-state index is 12.2. The highest BCUT2D eigenvalue weighted by molar-refractivity contribution is 7.09. The second kappa shape index (κ2) is 9.27. The standard InChI is InChI=1S/C18H25N3O2S/c1-4-14(3)21(18(22)19-5-2)11-15-13-24-17(20-15)12-23-16-9-7-6-8-10-16/h6-10,13-14H,4-5,11-12H2,1-3H3,(H,19,22)/t14-/m0/s1. The Hall–Kier alpha value is -2.08. The van der Waals surface area contributed by atoms with Crippen LogP contribution in [0.1, 0.15) is 37.9 Å². The number of carbonyl (C=O) groups excluding carboxylic acids is 1. The molecule has 1 heterocycles. The normalized spacial score (nSPS) is 11.8. The lowest BCUT2D eigenvalue weighted by Crippen LogP contribution is -2.44. The zero-order chi connectivity index (χ0) is 17.4. The number of nitrogens with zero attached hydrogens (tertiary/aromatic N) is 2. The largest absolute Gasteiger partial charge is 0.486 e. The van der Waals surface area contributed by atoms with Crippen molar-refractivity contribution in [3.05, 3.63) is 46.4 Å². The molecule has 0 bridgehead atoms. The molecule has 0 unspecified atom stereocenters. The molecular weight excluding hydrogens is 322 g/mol. The van der Waals surface area contributed by atoms with Gasteiger partial charge in [0.15, 0.2) is 0 Å². The number of carbonyl (C=O) groups is 1. The first-order valence-electron chi connectivity index (χ1n) is 8.29. The molecule has 6 heteroatoms. The molecule has 0 spiro atoms. The molecule has 0 aliphatic carbocycles. The van der Waals surface area contributed by atoms with Gasteiger partial charge in [0, 0.05) is 18.0 Å². The second-order valence-corrected chi connectivity index (χ2v) is 6.50. The van der Waals surface area contributed by atoms with Crippen LogP contribution in [-0.2, 0) is 13.2 Å². The third-order valence-electron chi connectivity index (χ3n) is 3.75. The number of nitrogens with one attached hydrogen (secondary N) is 1. The van der Waals surface area contributed by atoms with Crippen LogP contribution < -0.4 is 10.1 Å². The Balaban J connectivity index is 1.96. The minimum atomic E-state index is -0.0399. The van der Waals surface area contributed by atoms with E-state index in [9.17, 15) is 4.79 Å². The van der Waals surface area contributed by atoms with E-state index in [1.807, 2.05) is 47.5 Å². The Labute approximate surface area is 147 Å². The maximum Gasteiger partial charge on any atom is 0.317 e. The number of para-hydroxylation sites is 1. The first-order valence-corrected chi connectivity index (χ1v) is 9.17. The molecule has 0 aliphatic heterocycles. The minimum absolute atomic E-state index is 0.0399. The summed E-state index contributed by atoms with van der Waals surface area (Å²) in [5.74, 6) is 0.831. The fourth-order valence-corrected chi connectivity index (χ4v) is 2.92. The molecule has 0 aliphatic rings. The first-order chi connectivity index (χ1) is 11.6. The summed E-state index contributed by atoms with van der Waals surface area (Å²) in [4.78, 5) is 18.7. The molecule has 2 rings (SSSR count). The van der Waals surface area contributed by atoms with Crippen LogP contribution in [0.4, 0.5) is 4.79 Å². The molecule has 0 saturated carbocycles. The van der Waals surface area contributed by atoms with Gasteiger partial charge >= 0.3 is 6.03 Å². The lowest BCUT2D eigenvalue weighted by atomic mass is 10.2. The van der Waals surface area contributed by atoms with Crippen molar-refractivity contribution in [2.75, 3.05) is 6.54 Å². The van der Waals surface area contributed by atoms with Crippen LogP contribution in [0.15, 0.2) is 35.7 Å². The molecule has 5 nitrogen and oxygen atoms in total. The lowest BCUT2D eigenvalue weighted by molar-refractivity contribution is 0.173. The lowest BCUT2D eigenvalue weighted by Gasteiger charge is -2.27. The van der Waals surface area contributed by atoms with Gasteiger partial charge in [-0.1, -0.05) is 25.1 Å². The number of hydrogen-bond acceptors (Lipinski definition) is 4. The molecule has 24 heavy (non-hydrogen) atoms. The third kappa shape index (κ3) is 5.23. The monoisotopic (exact) mass is 347 g/mol. The fourth-order valence-electron chi connectivity index (χ4n) is 2.23. The van der Waals surface area contributed by atoms with Crippen LogP contribution >= 0.6 is 11.3 Å². The van der Waals surface area contributed by atoms with Gasteiger partial charge in [-0.3, -0.25) is 0 Å². The van der Waals surface area contributed by atoms with Crippen molar-refractivity contribution in [3.63, 3.8) is 0 Å². The highest BCUT2D eigenvalue weighted by Gasteiger charge is 2.19. The summed E-state index contributed by atoms with van der Waals surface area (Å²) in [7, 11) is 0. The average Bonchev–Trinajstić information content (AvgIpc) is 3.06. The molecule has 1 aromatic heterocycles. The van der Waals surface area contributed by atoms with Gasteiger partial charge in [0.25, 0.3) is 0 Å². The number of benzene rings is 1. The summed E-state index contributed by atoms with van der Waals surface area (Å²) >= 11 is 1.56. The van der Waals surface area contributed by atoms with E-state index < -0.39 is 0 Å². The number of hydrogen-bond donors (Lipinski definition) is 1. The van der Waals surface area contributed by atoms with E-state index in [1.165, 1.54) is 0 Å². The van der Waals surface area contributed by atoms with Crippen molar-refractivity contribution < 1.29 is 9.53 Å². The molecule has 1 atom stereocenters. The number of ether oxygens (including phenoxy) is 1. The quantitative estimate of drug-likeness (QED) is 0.784. The van der Waals surface area contributed by atoms with E-state index in [4.69, 9.17) is 4.74 Å². The molecule has 0 fully saturated rings. The Kier molecular flexibility index (Phi) is 7.06. The molecule has 0 radical (unpaired) electrons. The van der Waals surface area contributed by atoms with E-state index in [2.05, 4.69) is 24.1 Å². The van der Waals surface area contributed by atoms with E-state index in [0.717, 1.165) is 22.9 Å². The van der Waals surface area contributed by atoms with Gasteiger partial charge in [0.1, 0.15) is 17.4 Å². The van der Waals surface area contributed by atoms with Gasteiger partial charge in [-0.2, -0.15) is 0 Å². The molecule has 1 aromatic carbocycles. The molecule has 2 aromatic rings. The van der Waals surface area contributed by atoms with Crippen LogP contribution in [0.25, 0.3) is 0 Å². The summed E-state index contributed by atoms with van der Waals surface area (Å²) in [5.41, 5.74) is 0.901. The predicted octanol–water partition coefficient (Wildman–Crippen LogP) is 4.05. The third-order valence-corrected chi connectivity index (χ3v) is 4.62. The van der Waals surface area contributed by atoms with Crippen molar-refractivity contribution in [1.82, 2.24) is 15.2 Å². The van der Waals surface area contributed by atoms with E-state index in [-0.39, 0.29) is 12.1 Å². The van der Waals surface area contributed by atoms with E-state index in [0.29, 0.717) is 19.7 Å². The van der Waals surface area contributed by atoms with Crippen molar-refractivity contribution in [3.8, 4) is 5.75 Å². The Morgan fingerprint density at radius 3 is 2.75 bits per heavy atom. The van der Waals surface area contributed by atoms with Crippen LogP contribution in [0, 0.1) is 0 Å². The Bertz CT molecular complexity index is 630. The van der Waals surface area contributed by atoms with Crippen LogP contribution in [0.3, 0.4) is 0 Å². The smallest absolute Gasteiger partial charge is 0.317 e. The molecular formula is C18H25N3O2S. The van der Waals surface area contributed by atoms with Crippen molar-refractivity contribution in [2.45, 2.75) is 46.4 Å². The second-order valence-electron chi connectivity index (χ2n) is 5.55. The SMILES string of the molecule is CCNC(=O)N(Cc1csc(COc2ccccc2)n1)[C@@H](C)CC. The number of urea groups is 1. The highest BCUT2D eigenvalue weighted by atomic mass is 32.1. The predicted molar refractivity (Wildman–Crippen MR) is 97.3 cm³/mol. The topological polar surface area (TPSA) is 54.5 Å². The molecule has 0 saturated heterocycles. The highest BCUT2D eigenvalue weighted by Crippen LogP contribution is 2.17. The van der Waals surface area contributed by atoms with Gasteiger partial charge in [-0.05, 0) is 32.4 Å². The van der Waals surface area contributed by atoms with Crippen molar-refractivity contribution >= 4 is 17.4 Å². The number of aromatic nitrogens is 1. The van der Waals surface area contributed by atoms with Gasteiger partial charge in [0.05, 0.1) is 12.2 Å². The van der Waals surface area contributed by atoms with Gasteiger partial charge < -0.3 is 15.0 Å². The number of thiazole rings is 1. The average molecular weight is 347 g/mol. The fraction of sp³-hybridized carbons (Fsp3) is 0.444. The molecule has 1 N–H and O–H groups in total. The summed E-state index contributed by atoms with van der Waals surface area (Å²) in [6, 6.07) is 9.82. The van der Waals surface area contributed by atoms with Crippen molar-refractivity contribution in [2.24, 2.45) is 0 Å². The van der Waals surface area contributed by atoms with Gasteiger partial charge in [-0.25, -0.2) is 9.78 Å². The molecule has 130 valence electrons. The zero-order valence-electron chi connectivity index (χ0n) is 14.5.